The van der Waals surface area contributed by atoms with Gasteiger partial charge in [0.2, 0.25) is 0 Å². The third kappa shape index (κ3) is 2.80. The quantitative estimate of drug-likeness (QED) is 0.787. The topological polar surface area (TPSA) is 54.5 Å². The summed E-state index contributed by atoms with van der Waals surface area (Å²) in [5.74, 6) is 0.842. The van der Waals surface area contributed by atoms with Crippen LogP contribution in [-0.4, -0.2) is 32.3 Å². The van der Waals surface area contributed by atoms with Crippen LogP contribution in [0, 0.1) is 18.8 Å². The Morgan fingerprint density at radius 3 is 2.32 bits per heavy atom. The summed E-state index contributed by atoms with van der Waals surface area (Å²) in [4.78, 5) is 14.2. The van der Waals surface area contributed by atoms with E-state index in [2.05, 4.69) is 13.8 Å². The molecular weight excluding hydrogens is 306 g/mol. The minimum atomic E-state index is -3.77. The highest BCUT2D eigenvalue weighted by Gasteiger charge is 2.32. The van der Waals surface area contributed by atoms with Crippen molar-refractivity contribution in [3.63, 3.8) is 0 Å². The predicted molar refractivity (Wildman–Crippen MR) is 76.3 cm³/mol. The van der Waals surface area contributed by atoms with Crippen LogP contribution in [0.15, 0.2) is 9.59 Å². The minimum absolute atomic E-state index is 0.0674. The van der Waals surface area contributed by atoms with E-state index in [1.165, 1.54) is 0 Å². The molecule has 0 N–H and O–H groups in total. The van der Waals surface area contributed by atoms with Crippen molar-refractivity contribution in [2.75, 3.05) is 13.1 Å². The first kappa shape index (κ1) is 14.8. The summed E-state index contributed by atoms with van der Waals surface area (Å²) in [5, 5.41) is 1.58. The van der Waals surface area contributed by atoms with Gasteiger partial charge >= 0.3 is 0 Å². The van der Waals surface area contributed by atoms with E-state index >= 15 is 0 Å². The zero-order chi connectivity index (χ0) is 14.4. The summed E-state index contributed by atoms with van der Waals surface area (Å²) in [6.45, 7) is 7.30. The van der Waals surface area contributed by atoms with Crippen LogP contribution in [-0.2, 0) is 9.05 Å². The fourth-order valence-corrected chi connectivity index (χ4v) is 4.86. The van der Waals surface area contributed by atoms with Gasteiger partial charge in [0.25, 0.3) is 15.0 Å². The van der Waals surface area contributed by atoms with Crippen molar-refractivity contribution < 1.29 is 13.2 Å². The molecule has 0 bridgehead atoms. The fraction of sp³-hybridized carbons (Fsp3) is 0.583. The third-order valence-corrected chi connectivity index (χ3v) is 7.03. The van der Waals surface area contributed by atoms with Crippen molar-refractivity contribution in [3.05, 3.63) is 16.5 Å². The van der Waals surface area contributed by atoms with E-state index in [1.807, 2.05) is 0 Å². The van der Waals surface area contributed by atoms with E-state index in [9.17, 15) is 13.2 Å². The van der Waals surface area contributed by atoms with Gasteiger partial charge in [0.05, 0.1) is 5.56 Å². The smallest absolute Gasteiger partial charge is 0.271 e. The molecule has 2 rings (SSSR count). The Morgan fingerprint density at radius 2 is 1.89 bits per heavy atom. The number of carbonyl (C=O) groups excluding carboxylic acids is 1. The molecule has 0 aromatic carbocycles. The maximum atomic E-state index is 12.4. The van der Waals surface area contributed by atoms with Crippen LogP contribution in [0.3, 0.4) is 0 Å². The summed E-state index contributed by atoms with van der Waals surface area (Å²) < 4.78 is 22.8. The molecule has 1 amide bonds. The molecule has 2 atom stereocenters. The molecule has 0 radical (unpaired) electrons. The molecule has 1 aliphatic heterocycles. The molecule has 2 unspecified atom stereocenters. The predicted octanol–water partition coefficient (Wildman–Crippen LogP) is 2.71. The van der Waals surface area contributed by atoms with Gasteiger partial charge in [0, 0.05) is 29.2 Å². The summed E-state index contributed by atoms with van der Waals surface area (Å²) in [6.07, 6.45) is 0. The highest BCUT2D eigenvalue weighted by molar-refractivity contribution is 8.15. The number of hydrogen-bond acceptors (Lipinski definition) is 4. The molecule has 19 heavy (non-hydrogen) atoms. The molecule has 1 fully saturated rings. The van der Waals surface area contributed by atoms with Gasteiger partial charge in [0.1, 0.15) is 4.21 Å². The molecule has 0 saturated carbocycles. The first-order chi connectivity index (χ1) is 8.71. The summed E-state index contributed by atoms with van der Waals surface area (Å²) in [7, 11) is 1.57. The normalized spacial score (nSPS) is 23.9. The van der Waals surface area contributed by atoms with Crippen LogP contribution in [0.5, 0.6) is 0 Å². The van der Waals surface area contributed by atoms with Crippen LogP contribution >= 0.6 is 22.0 Å². The molecule has 2 heterocycles. The van der Waals surface area contributed by atoms with Gasteiger partial charge in [-0.05, 0) is 24.3 Å². The Morgan fingerprint density at radius 1 is 1.37 bits per heavy atom. The molecular formula is C12H16ClNO3S2. The number of hydrogen-bond donors (Lipinski definition) is 0. The number of thiophene rings is 1. The lowest BCUT2D eigenvalue weighted by atomic mass is 10.0. The van der Waals surface area contributed by atoms with Gasteiger partial charge in [-0.25, -0.2) is 8.42 Å². The van der Waals surface area contributed by atoms with Crippen molar-refractivity contribution in [1.29, 1.82) is 0 Å². The lowest BCUT2D eigenvalue weighted by Gasteiger charge is -2.15. The first-order valence-electron chi connectivity index (χ1n) is 6.03. The molecule has 0 spiro atoms. The fourth-order valence-electron chi connectivity index (χ4n) is 2.32. The Hall–Kier alpha value is -0.590. The maximum Gasteiger partial charge on any atom is 0.271 e. The zero-order valence-corrected chi connectivity index (χ0v) is 13.4. The van der Waals surface area contributed by atoms with Crippen molar-refractivity contribution >= 4 is 37.0 Å². The van der Waals surface area contributed by atoms with Crippen LogP contribution in [0.4, 0.5) is 0 Å². The van der Waals surface area contributed by atoms with Crippen molar-refractivity contribution in [2.24, 2.45) is 11.8 Å². The molecule has 7 heteroatoms. The third-order valence-electron chi connectivity index (χ3n) is 3.72. The summed E-state index contributed by atoms with van der Waals surface area (Å²) in [6, 6.07) is 0. The van der Waals surface area contributed by atoms with E-state index < -0.39 is 9.05 Å². The highest BCUT2D eigenvalue weighted by atomic mass is 35.7. The number of likely N-dealkylation sites (tertiary alicyclic amines) is 1. The van der Waals surface area contributed by atoms with Crippen LogP contribution < -0.4 is 0 Å². The van der Waals surface area contributed by atoms with Crippen molar-refractivity contribution in [2.45, 2.75) is 25.0 Å². The molecule has 1 aromatic rings. The van der Waals surface area contributed by atoms with Gasteiger partial charge in [-0.1, -0.05) is 13.8 Å². The molecule has 1 aliphatic rings. The van der Waals surface area contributed by atoms with Crippen molar-refractivity contribution in [3.8, 4) is 0 Å². The molecule has 4 nitrogen and oxygen atoms in total. The van der Waals surface area contributed by atoms with E-state index in [0.717, 1.165) is 24.4 Å². The SMILES string of the molecule is Cc1c(C(=O)N2CC(C)C(C)C2)csc1S(=O)(=O)Cl. The number of rotatable bonds is 2. The Bertz CT molecular complexity index is 598. The second kappa shape index (κ2) is 5.07. The number of amides is 1. The van der Waals surface area contributed by atoms with Gasteiger partial charge in [0.15, 0.2) is 0 Å². The van der Waals surface area contributed by atoms with E-state index in [4.69, 9.17) is 10.7 Å². The van der Waals surface area contributed by atoms with Crippen molar-refractivity contribution in [1.82, 2.24) is 4.90 Å². The van der Waals surface area contributed by atoms with E-state index in [1.54, 1.807) is 17.2 Å². The second-order valence-electron chi connectivity index (χ2n) is 5.16. The molecule has 1 aromatic heterocycles. The number of nitrogens with zero attached hydrogens (tertiary/aromatic N) is 1. The Kier molecular flexibility index (Phi) is 3.95. The second-order valence-corrected chi connectivity index (χ2v) is 8.81. The number of carbonyl (C=O) groups is 1. The summed E-state index contributed by atoms with van der Waals surface area (Å²) >= 11 is 1.00. The van der Waals surface area contributed by atoms with Crippen LogP contribution in [0.1, 0.15) is 29.8 Å². The average Bonchev–Trinajstić information content (AvgIpc) is 2.82. The lowest BCUT2D eigenvalue weighted by Crippen LogP contribution is -2.29. The van der Waals surface area contributed by atoms with E-state index in [-0.39, 0.29) is 10.1 Å². The Labute approximate surface area is 121 Å². The van der Waals surface area contributed by atoms with Crippen LogP contribution in [0.25, 0.3) is 0 Å². The summed E-state index contributed by atoms with van der Waals surface area (Å²) in [5.41, 5.74) is 0.905. The monoisotopic (exact) mass is 321 g/mol. The van der Waals surface area contributed by atoms with E-state index in [0.29, 0.717) is 23.0 Å². The van der Waals surface area contributed by atoms with Gasteiger partial charge in [-0.3, -0.25) is 4.79 Å². The average molecular weight is 322 g/mol. The molecule has 1 saturated heterocycles. The highest BCUT2D eigenvalue weighted by Crippen LogP contribution is 2.31. The van der Waals surface area contributed by atoms with Crippen LogP contribution in [0.2, 0.25) is 0 Å². The maximum absolute atomic E-state index is 12.4. The lowest BCUT2D eigenvalue weighted by molar-refractivity contribution is 0.0784. The molecule has 0 aliphatic carbocycles. The Balaban J connectivity index is 2.29. The largest absolute Gasteiger partial charge is 0.338 e. The first-order valence-corrected chi connectivity index (χ1v) is 9.22. The number of halogens is 1. The van der Waals surface area contributed by atoms with Gasteiger partial charge in [-0.2, -0.15) is 0 Å². The zero-order valence-electron chi connectivity index (χ0n) is 11.0. The standard InChI is InChI=1S/C12H16ClNO3S2/c1-7-4-14(5-8(7)2)11(15)10-6-18-12(9(10)3)19(13,16)17/h6-8H,4-5H2,1-3H3. The molecule has 106 valence electrons. The van der Waals surface area contributed by atoms with Gasteiger partial charge < -0.3 is 4.90 Å². The minimum Gasteiger partial charge on any atom is -0.338 e. The van der Waals surface area contributed by atoms with Gasteiger partial charge in [-0.15, -0.1) is 11.3 Å².